The van der Waals surface area contributed by atoms with E-state index in [1.54, 1.807) is 26.0 Å². The molecular weight excluding hydrogens is 292 g/mol. The molecule has 0 heterocycles. The van der Waals surface area contributed by atoms with E-state index >= 15 is 0 Å². The lowest BCUT2D eigenvalue weighted by Crippen LogP contribution is -2.30. The first-order valence-corrected chi connectivity index (χ1v) is 9.45. The predicted molar refractivity (Wildman–Crippen MR) is 88.0 cm³/mol. The van der Waals surface area contributed by atoms with E-state index in [0.717, 1.165) is 17.2 Å². The Morgan fingerprint density at radius 3 is 2.25 bits per heavy atom. The average Bonchev–Trinajstić information content (AvgIpc) is 2.35. The van der Waals surface area contributed by atoms with Crippen LogP contribution in [0.5, 0.6) is 0 Å². The molecular formula is C14H24N2O2S2. The van der Waals surface area contributed by atoms with Gasteiger partial charge in [0.05, 0.1) is 4.90 Å². The molecule has 0 aliphatic carbocycles. The van der Waals surface area contributed by atoms with Gasteiger partial charge in [-0.3, -0.25) is 0 Å². The van der Waals surface area contributed by atoms with Crippen LogP contribution in [0, 0.1) is 0 Å². The Balaban J connectivity index is 2.69. The van der Waals surface area contributed by atoms with Crippen molar-refractivity contribution in [3.63, 3.8) is 0 Å². The number of hydrogen-bond acceptors (Lipinski definition) is 4. The van der Waals surface area contributed by atoms with E-state index in [1.165, 1.54) is 0 Å². The SMILES string of the molecule is CCSCC(C)Nc1ccc(S(=O)(=O)NC(C)C)cc1. The van der Waals surface area contributed by atoms with Crippen LogP contribution in [0.1, 0.15) is 27.7 Å². The van der Waals surface area contributed by atoms with Crippen LogP contribution in [-0.2, 0) is 10.0 Å². The number of thioether (sulfide) groups is 1. The van der Waals surface area contributed by atoms with Gasteiger partial charge in [0.25, 0.3) is 0 Å². The van der Waals surface area contributed by atoms with Gasteiger partial charge in [0.2, 0.25) is 10.0 Å². The maximum Gasteiger partial charge on any atom is 0.240 e. The Kier molecular flexibility index (Phi) is 6.85. The van der Waals surface area contributed by atoms with Crippen molar-refractivity contribution in [3.8, 4) is 0 Å². The van der Waals surface area contributed by atoms with Crippen LogP contribution < -0.4 is 10.0 Å². The van der Waals surface area contributed by atoms with E-state index in [-0.39, 0.29) is 6.04 Å². The minimum absolute atomic E-state index is 0.108. The summed E-state index contributed by atoms with van der Waals surface area (Å²) in [5.41, 5.74) is 0.942. The first kappa shape index (κ1) is 17.3. The number of sulfonamides is 1. The Labute approximate surface area is 126 Å². The molecule has 20 heavy (non-hydrogen) atoms. The third-order valence-electron chi connectivity index (χ3n) is 2.54. The Morgan fingerprint density at radius 2 is 1.75 bits per heavy atom. The molecule has 1 atom stereocenters. The van der Waals surface area contributed by atoms with Crippen LogP contribution in [0.15, 0.2) is 29.2 Å². The van der Waals surface area contributed by atoms with Crippen molar-refractivity contribution in [2.75, 3.05) is 16.8 Å². The van der Waals surface area contributed by atoms with Crippen molar-refractivity contribution in [2.24, 2.45) is 0 Å². The van der Waals surface area contributed by atoms with Crippen LogP contribution >= 0.6 is 11.8 Å². The second-order valence-corrected chi connectivity index (χ2v) is 8.04. The molecule has 0 bridgehead atoms. The average molecular weight is 316 g/mol. The van der Waals surface area contributed by atoms with E-state index in [2.05, 4.69) is 23.9 Å². The Bertz CT molecular complexity index is 498. The summed E-state index contributed by atoms with van der Waals surface area (Å²) < 4.78 is 26.5. The lowest BCUT2D eigenvalue weighted by Gasteiger charge is -2.15. The summed E-state index contributed by atoms with van der Waals surface area (Å²) in [6.45, 7) is 7.87. The van der Waals surface area contributed by atoms with E-state index < -0.39 is 10.0 Å². The molecule has 0 radical (unpaired) electrons. The van der Waals surface area contributed by atoms with Crippen molar-refractivity contribution >= 4 is 27.5 Å². The van der Waals surface area contributed by atoms with Gasteiger partial charge in [-0.05, 0) is 50.8 Å². The van der Waals surface area contributed by atoms with E-state index in [0.29, 0.717) is 10.9 Å². The molecule has 2 N–H and O–H groups in total. The fourth-order valence-corrected chi connectivity index (χ4v) is 3.65. The monoisotopic (exact) mass is 316 g/mol. The molecule has 0 saturated carbocycles. The van der Waals surface area contributed by atoms with Gasteiger partial charge in [-0.25, -0.2) is 13.1 Å². The number of anilines is 1. The third-order valence-corrected chi connectivity index (χ3v) is 5.36. The normalized spacial score (nSPS) is 13.4. The van der Waals surface area contributed by atoms with Gasteiger partial charge < -0.3 is 5.32 Å². The zero-order valence-electron chi connectivity index (χ0n) is 12.5. The molecule has 1 aromatic carbocycles. The van der Waals surface area contributed by atoms with Gasteiger partial charge in [0.15, 0.2) is 0 Å². The highest BCUT2D eigenvalue weighted by atomic mass is 32.2. The Hall–Kier alpha value is -0.720. The molecule has 0 aliphatic rings. The minimum Gasteiger partial charge on any atom is -0.382 e. The number of nitrogens with one attached hydrogen (secondary N) is 2. The minimum atomic E-state index is -3.40. The van der Waals surface area contributed by atoms with Crippen LogP contribution in [0.25, 0.3) is 0 Å². The summed E-state index contributed by atoms with van der Waals surface area (Å²) in [4.78, 5) is 0.298. The van der Waals surface area contributed by atoms with Crippen LogP contribution in [0.4, 0.5) is 5.69 Å². The first-order valence-electron chi connectivity index (χ1n) is 6.82. The van der Waals surface area contributed by atoms with Crippen molar-refractivity contribution in [1.29, 1.82) is 0 Å². The van der Waals surface area contributed by atoms with Crippen molar-refractivity contribution in [2.45, 2.75) is 44.7 Å². The van der Waals surface area contributed by atoms with Gasteiger partial charge >= 0.3 is 0 Å². The highest BCUT2D eigenvalue weighted by Gasteiger charge is 2.14. The fraction of sp³-hybridized carbons (Fsp3) is 0.571. The van der Waals surface area contributed by atoms with Gasteiger partial charge in [-0.15, -0.1) is 0 Å². The quantitative estimate of drug-likeness (QED) is 0.774. The second kappa shape index (κ2) is 7.90. The summed E-state index contributed by atoms with van der Waals surface area (Å²) in [7, 11) is -3.40. The molecule has 1 unspecified atom stereocenters. The number of benzene rings is 1. The molecule has 1 rings (SSSR count). The smallest absolute Gasteiger partial charge is 0.240 e. The highest BCUT2D eigenvalue weighted by molar-refractivity contribution is 7.99. The van der Waals surface area contributed by atoms with Gasteiger partial charge in [0, 0.05) is 23.5 Å². The van der Waals surface area contributed by atoms with Gasteiger partial charge in [-0.1, -0.05) is 6.92 Å². The molecule has 4 nitrogen and oxygen atoms in total. The fourth-order valence-electron chi connectivity index (χ4n) is 1.73. The number of rotatable bonds is 8. The molecule has 0 amide bonds. The lowest BCUT2D eigenvalue weighted by molar-refractivity contribution is 0.570. The van der Waals surface area contributed by atoms with E-state index in [1.807, 2.05) is 23.9 Å². The summed E-state index contributed by atoms with van der Waals surface area (Å²) in [6.07, 6.45) is 0. The maximum atomic E-state index is 12.0. The Morgan fingerprint density at radius 1 is 1.15 bits per heavy atom. The molecule has 0 spiro atoms. The van der Waals surface area contributed by atoms with Crippen molar-refractivity contribution in [3.05, 3.63) is 24.3 Å². The van der Waals surface area contributed by atoms with Crippen LogP contribution in [0.2, 0.25) is 0 Å². The van der Waals surface area contributed by atoms with Crippen molar-refractivity contribution in [1.82, 2.24) is 4.72 Å². The predicted octanol–water partition coefficient (Wildman–Crippen LogP) is 2.93. The summed E-state index contributed by atoms with van der Waals surface area (Å²) in [5, 5.41) is 3.36. The van der Waals surface area contributed by atoms with E-state index in [4.69, 9.17) is 0 Å². The summed E-state index contributed by atoms with van der Waals surface area (Å²) >= 11 is 1.88. The highest BCUT2D eigenvalue weighted by Crippen LogP contribution is 2.16. The third kappa shape index (κ3) is 5.73. The first-order chi connectivity index (χ1) is 9.35. The largest absolute Gasteiger partial charge is 0.382 e. The van der Waals surface area contributed by atoms with Crippen LogP contribution in [-0.4, -0.2) is 32.0 Å². The van der Waals surface area contributed by atoms with E-state index in [9.17, 15) is 8.42 Å². The molecule has 114 valence electrons. The summed E-state index contributed by atoms with van der Waals surface area (Å²) in [6, 6.07) is 7.13. The standard InChI is InChI=1S/C14H24N2O2S2/c1-5-19-10-12(4)15-13-6-8-14(9-7-13)20(17,18)16-11(2)3/h6-9,11-12,15-16H,5,10H2,1-4H3. The van der Waals surface area contributed by atoms with Crippen molar-refractivity contribution < 1.29 is 8.42 Å². The molecule has 0 aromatic heterocycles. The zero-order chi connectivity index (χ0) is 15.2. The van der Waals surface area contributed by atoms with Gasteiger partial charge in [0.1, 0.15) is 0 Å². The topological polar surface area (TPSA) is 58.2 Å². The molecule has 0 fully saturated rings. The maximum absolute atomic E-state index is 12.0. The number of hydrogen-bond donors (Lipinski definition) is 2. The second-order valence-electron chi connectivity index (χ2n) is 5.01. The summed E-state index contributed by atoms with van der Waals surface area (Å²) in [5.74, 6) is 2.13. The zero-order valence-corrected chi connectivity index (χ0v) is 14.1. The molecule has 0 aliphatic heterocycles. The molecule has 0 saturated heterocycles. The molecule has 6 heteroatoms. The van der Waals surface area contributed by atoms with Gasteiger partial charge in [-0.2, -0.15) is 11.8 Å². The lowest BCUT2D eigenvalue weighted by atomic mass is 10.3. The van der Waals surface area contributed by atoms with Crippen LogP contribution in [0.3, 0.4) is 0 Å². The molecule has 1 aromatic rings.